The first kappa shape index (κ1) is 20.1. The van der Waals surface area contributed by atoms with Crippen LogP contribution < -0.4 is 0 Å². The van der Waals surface area contributed by atoms with Crippen LogP contribution in [0.25, 0.3) is 10.8 Å². The molecule has 2 saturated heterocycles. The van der Waals surface area contributed by atoms with Crippen molar-refractivity contribution in [2.75, 3.05) is 13.1 Å². The van der Waals surface area contributed by atoms with Crippen molar-refractivity contribution < 1.29 is 17.9 Å². The maximum absolute atomic E-state index is 13.6. The number of pyridine rings is 1. The predicted molar refractivity (Wildman–Crippen MR) is 110 cm³/mol. The van der Waals surface area contributed by atoms with Crippen molar-refractivity contribution >= 4 is 26.9 Å². The number of amides is 1. The highest BCUT2D eigenvalue weighted by Crippen LogP contribution is 2.38. The number of carbonyl (C=O) groups is 1. The summed E-state index contributed by atoms with van der Waals surface area (Å²) < 4.78 is 34.3. The Morgan fingerprint density at radius 3 is 2.59 bits per heavy atom. The predicted octanol–water partition coefficient (Wildman–Crippen LogP) is 3.32. The standard InChI is InChI=1S/C21H27N3O4S/c1-14-12-22-13-15-6-5-7-18(19(14)15)29(26,27)24-11-9-16-17(24)8-10-23(16)20(25)28-21(2,3)4/h5-7,12-13,16-17H,8-11H2,1-4H3. The number of fused-ring (bicyclic) bond motifs is 2. The Hall–Kier alpha value is -2.19. The summed E-state index contributed by atoms with van der Waals surface area (Å²) >= 11 is 0. The summed E-state index contributed by atoms with van der Waals surface area (Å²) in [5, 5.41) is 1.52. The minimum atomic E-state index is -3.70. The Kier molecular flexibility index (Phi) is 4.82. The van der Waals surface area contributed by atoms with E-state index in [0.717, 1.165) is 10.9 Å². The fourth-order valence-electron chi connectivity index (χ4n) is 4.51. The second-order valence-corrected chi connectivity index (χ2v) is 10.7. The first-order chi connectivity index (χ1) is 13.6. The van der Waals surface area contributed by atoms with Gasteiger partial charge in [0.2, 0.25) is 10.0 Å². The molecule has 2 atom stereocenters. The molecule has 2 aliphatic heterocycles. The summed E-state index contributed by atoms with van der Waals surface area (Å²) in [4.78, 5) is 18.8. The number of nitrogens with zero attached hydrogens (tertiary/aromatic N) is 3. The first-order valence-corrected chi connectivity index (χ1v) is 11.4. The molecule has 1 amide bonds. The molecular formula is C21H27N3O4S. The lowest BCUT2D eigenvalue weighted by Crippen LogP contribution is -2.43. The first-order valence-electron chi connectivity index (χ1n) is 9.94. The number of aromatic nitrogens is 1. The Morgan fingerprint density at radius 1 is 1.14 bits per heavy atom. The number of benzene rings is 1. The van der Waals surface area contributed by atoms with E-state index in [1.807, 2.05) is 33.8 Å². The Morgan fingerprint density at radius 2 is 1.86 bits per heavy atom. The summed E-state index contributed by atoms with van der Waals surface area (Å²) in [7, 11) is -3.70. The van der Waals surface area contributed by atoms with Crippen LogP contribution in [0, 0.1) is 6.92 Å². The Labute approximate surface area is 171 Å². The van der Waals surface area contributed by atoms with E-state index >= 15 is 0 Å². The SMILES string of the molecule is Cc1cncc2cccc(S(=O)(=O)N3CCC4C3CCN4C(=O)OC(C)(C)C)c12. The average molecular weight is 418 g/mol. The van der Waals surface area contributed by atoms with Crippen molar-refractivity contribution in [3.8, 4) is 0 Å². The molecule has 1 aromatic heterocycles. The second-order valence-electron chi connectivity index (χ2n) is 8.81. The van der Waals surface area contributed by atoms with Crippen LogP contribution in [0.3, 0.4) is 0 Å². The summed E-state index contributed by atoms with van der Waals surface area (Å²) in [5.74, 6) is 0. The van der Waals surface area contributed by atoms with Crippen LogP contribution in [0.4, 0.5) is 4.79 Å². The second kappa shape index (κ2) is 6.95. The van der Waals surface area contributed by atoms with Crippen LogP contribution >= 0.6 is 0 Å². The molecule has 0 bridgehead atoms. The molecule has 0 saturated carbocycles. The van der Waals surface area contributed by atoms with Crippen molar-refractivity contribution in [1.29, 1.82) is 0 Å². The molecule has 2 unspecified atom stereocenters. The van der Waals surface area contributed by atoms with Crippen molar-refractivity contribution in [3.63, 3.8) is 0 Å². The van der Waals surface area contributed by atoms with E-state index in [2.05, 4.69) is 4.98 Å². The Bertz CT molecular complexity index is 1060. The van der Waals surface area contributed by atoms with Gasteiger partial charge in [-0.1, -0.05) is 12.1 Å². The molecule has 8 heteroatoms. The zero-order valence-electron chi connectivity index (χ0n) is 17.3. The highest BCUT2D eigenvalue weighted by atomic mass is 32.2. The average Bonchev–Trinajstić information content (AvgIpc) is 3.21. The monoisotopic (exact) mass is 417 g/mol. The van der Waals surface area contributed by atoms with E-state index in [1.165, 1.54) is 0 Å². The van der Waals surface area contributed by atoms with Crippen LogP contribution in [0.5, 0.6) is 0 Å². The molecule has 2 fully saturated rings. The minimum absolute atomic E-state index is 0.141. The molecule has 2 aliphatic rings. The van der Waals surface area contributed by atoms with Gasteiger partial charge in [0.1, 0.15) is 5.60 Å². The number of rotatable bonds is 2. The van der Waals surface area contributed by atoms with Gasteiger partial charge in [-0.2, -0.15) is 4.31 Å². The van der Waals surface area contributed by atoms with Crippen molar-refractivity contribution in [1.82, 2.24) is 14.2 Å². The zero-order chi connectivity index (χ0) is 21.0. The summed E-state index contributed by atoms with van der Waals surface area (Å²) in [6.45, 7) is 8.29. The third kappa shape index (κ3) is 3.48. The smallest absolute Gasteiger partial charge is 0.410 e. The molecule has 4 rings (SSSR count). The molecule has 0 spiro atoms. The molecule has 156 valence electrons. The van der Waals surface area contributed by atoms with Crippen molar-refractivity contribution in [2.24, 2.45) is 0 Å². The number of sulfonamides is 1. The van der Waals surface area contributed by atoms with Crippen molar-refractivity contribution in [3.05, 3.63) is 36.2 Å². The maximum Gasteiger partial charge on any atom is 0.410 e. The van der Waals surface area contributed by atoms with Gasteiger partial charge in [-0.3, -0.25) is 4.98 Å². The molecule has 0 aliphatic carbocycles. The number of hydrogen-bond acceptors (Lipinski definition) is 5. The lowest BCUT2D eigenvalue weighted by molar-refractivity contribution is 0.0225. The van der Waals surface area contributed by atoms with Gasteiger partial charge in [0, 0.05) is 42.3 Å². The fourth-order valence-corrected chi connectivity index (χ4v) is 6.49. The van der Waals surface area contributed by atoms with Crippen LogP contribution in [0.15, 0.2) is 35.5 Å². The van der Waals surface area contributed by atoms with Crippen LogP contribution in [0.1, 0.15) is 39.2 Å². The minimum Gasteiger partial charge on any atom is -0.444 e. The molecule has 1 aromatic carbocycles. The van der Waals surface area contributed by atoms with Gasteiger partial charge in [0.15, 0.2) is 0 Å². The van der Waals surface area contributed by atoms with Crippen LogP contribution in [0.2, 0.25) is 0 Å². The van der Waals surface area contributed by atoms with Gasteiger partial charge in [0.25, 0.3) is 0 Å². The molecule has 7 nitrogen and oxygen atoms in total. The lowest BCUT2D eigenvalue weighted by atomic mass is 10.1. The number of carbonyl (C=O) groups excluding carboxylic acids is 1. The molecule has 0 radical (unpaired) electrons. The van der Waals surface area contributed by atoms with E-state index in [0.29, 0.717) is 36.2 Å². The summed E-state index contributed by atoms with van der Waals surface area (Å²) in [6.07, 6.45) is 4.25. The third-order valence-corrected chi connectivity index (χ3v) is 7.64. The Balaban J connectivity index is 1.65. The zero-order valence-corrected chi connectivity index (χ0v) is 18.1. The molecule has 0 N–H and O–H groups in total. The third-order valence-electron chi connectivity index (χ3n) is 5.67. The normalized spacial score (nSPS) is 22.8. The van der Waals surface area contributed by atoms with Gasteiger partial charge in [-0.25, -0.2) is 13.2 Å². The highest BCUT2D eigenvalue weighted by Gasteiger charge is 2.50. The van der Waals surface area contributed by atoms with E-state index < -0.39 is 15.6 Å². The molecule has 3 heterocycles. The van der Waals surface area contributed by atoms with Gasteiger partial charge >= 0.3 is 6.09 Å². The van der Waals surface area contributed by atoms with Crippen LogP contribution in [-0.4, -0.2) is 59.5 Å². The molecule has 29 heavy (non-hydrogen) atoms. The van der Waals surface area contributed by atoms with Crippen molar-refractivity contribution in [2.45, 2.75) is 63.1 Å². The topological polar surface area (TPSA) is 79.8 Å². The maximum atomic E-state index is 13.6. The van der Waals surface area contributed by atoms with E-state index in [-0.39, 0.29) is 18.2 Å². The van der Waals surface area contributed by atoms with Gasteiger partial charge in [0.05, 0.1) is 10.9 Å². The summed E-state index contributed by atoms with van der Waals surface area (Å²) in [5.41, 5.74) is 0.257. The van der Waals surface area contributed by atoms with Gasteiger partial charge in [-0.15, -0.1) is 0 Å². The summed E-state index contributed by atoms with van der Waals surface area (Å²) in [6, 6.07) is 4.94. The number of ether oxygens (including phenoxy) is 1. The van der Waals surface area contributed by atoms with E-state index in [1.54, 1.807) is 33.7 Å². The van der Waals surface area contributed by atoms with E-state index in [4.69, 9.17) is 4.74 Å². The number of likely N-dealkylation sites (tertiary alicyclic amines) is 1. The van der Waals surface area contributed by atoms with E-state index in [9.17, 15) is 13.2 Å². The van der Waals surface area contributed by atoms with Crippen LogP contribution in [-0.2, 0) is 14.8 Å². The van der Waals surface area contributed by atoms with Gasteiger partial charge < -0.3 is 9.64 Å². The lowest BCUT2D eigenvalue weighted by Gasteiger charge is -2.28. The molecular weight excluding hydrogens is 390 g/mol. The number of aryl methyl sites for hydroxylation is 1. The molecule has 2 aromatic rings. The fraction of sp³-hybridized carbons (Fsp3) is 0.524. The number of hydrogen-bond donors (Lipinski definition) is 0. The largest absolute Gasteiger partial charge is 0.444 e. The quantitative estimate of drug-likeness (QED) is 0.749. The highest BCUT2D eigenvalue weighted by molar-refractivity contribution is 7.89. The van der Waals surface area contributed by atoms with Gasteiger partial charge in [-0.05, 0) is 52.2 Å².